The van der Waals surface area contributed by atoms with E-state index < -0.39 is 0 Å². The van der Waals surface area contributed by atoms with Gasteiger partial charge in [-0.25, -0.2) is 4.98 Å². The van der Waals surface area contributed by atoms with Gasteiger partial charge < -0.3 is 10.2 Å². The number of likely N-dealkylation sites (tertiary alicyclic amines) is 1. The summed E-state index contributed by atoms with van der Waals surface area (Å²) in [5, 5.41) is 8.11. The summed E-state index contributed by atoms with van der Waals surface area (Å²) >= 11 is 7.11. The Morgan fingerprint density at radius 3 is 2.96 bits per heavy atom. The maximum absolute atomic E-state index is 12.2. The topological polar surface area (TPSA) is 74.3 Å². The standard InChI is InChI=1S/C18H21ClN4O2S/c1-23-9-3-6-14(23)7-8-20-17(25)15-11-26-18(21-15)22-16(24)12-4-2-5-13(19)10-12/h2,4-5,10-11,14H,3,6-9H2,1H3,(H,20,25)(H,21,22,24)/t14-/m1/s1. The maximum Gasteiger partial charge on any atom is 0.270 e. The second-order valence-electron chi connectivity index (χ2n) is 6.32. The molecule has 1 saturated heterocycles. The number of hydrogen-bond acceptors (Lipinski definition) is 5. The first-order valence-electron chi connectivity index (χ1n) is 8.54. The van der Waals surface area contributed by atoms with E-state index in [-0.39, 0.29) is 11.8 Å². The van der Waals surface area contributed by atoms with Crippen molar-refractivity contribution < 1.29 is 9.59 Å². The molecular formula is C18H21ClN4O2S. The van der Waals surface area contributed by atoms with Crippen LogP contribution >= 0.6 is 22.9 Å². The second kappa shape index (κ2) is 8.62. The van der Waals surface area contributed by atoms with E-state index in [0.717, 1.165) is 13.0 Å². The van der Waals surface area contributed by atoms with Crippen LogP contribution in [0.4, 0.5) is 5.13 Å². The van der Waals surface area contributed by atoms with Gasteiger partial charge in [0.15, 0.2) is 5.13 Å². The summed E-state index contributed by atoms with van der Waals surface area (Å²) in [5.41, 5.74) is 0.760. The van der Waals surface area contributed by atoms with E-state index in [1.807, 2.05) is 0 Å². The zero-order chi connectivity index (χ0) is 18.5. The van der Waals surface area contributed by atoms with Gasteiger partial charge >= 0.3 is 0 Å². The molecule has 6 nitrogen and oxygen atoms in total. The first-order chi connectivity index (χ1) is 12.5. The van der Waals surface area contributed by atoms with Gasteiger partial charge in [0.05, 0.1) is 0 Å². The fourth-order valence-electron chi connectivity index (χ4n) is 3.02. The molecular weight excluding hydrogens is 372 g/mol. The fourth-order valence-corrected chi connectivity index (χ4v) is 3.90. The average Bonchev–Trinajstić information content (AvgIpc) is 3.24. The number of anilines is 1. The van der Waals surface area contributed by atoms with Gasteiger partial charge in [0.1, 0.15) is 5.69 Å². The molecule has 26 heavy (non-hydrogen) atoms. The number of rotatable bonds is 6. The van der Waals surface area contributed by atoms with Gasteiger partial charge in [-0.1, -0.05) is 17.7 Å². The molecule has 2 heterocycles. The Kier molecular flexibility index (Phi) is 6.24. The molecule has 8 heteroatoms. The summed E-state index contributed by atoms with van der Waals surface area (Å²) in [6, 6.07) is 7.20. The lowest BCUT2D eigenvalue weighted by Gasteiger charge is -2.19. The van der Waals surface area contributed by atoms with Crippen molar-refractivity contribution in [3.63, 3.8) is 0 Å². The SMILES string of the molecule is CN1CCC[C@@H]1CCNC(=O)c1csc(NC(=O)c2cccc(Cl)c2)n1. The van der Waals surface area contributed by atoms with Crippen molar-refractivity contribution in [2.75, 3.05) is 25.5 Å². The van der Waals surface area contributed by atoms with Gasteiger partial charge in [0.2, 0.25) is 0 Å². The van der Waals surface area contributed by atoms with E-state index in [1.54, 1.807) is 29.6 Å². The lowest BCUT2D eigenvalue weighted by Crippen LogP contribution is -2.31. The zero-order valence-electron chi connectivity index (χ0n) is 14.5. The summed E-state index contributed by atoms with van der Waals surface area (Å²) in [4.78, 5) is 30.9. The lowest BCUT2D eigenvalue weighted by atomic mass is 10.1. The number of carbonyl (C=O) groups is 2. The van der Waals surface area contributed by atoms with Crippen molar-refractivity contribution in [2.45, 2.75) is 25.3 Å². The molecule has 0 bridgehead atoms. The van der Waals surface area contributed by atoms with Crippen LogP contribution in [0.5, 0.6) is 0 Å². The number of carbonyl (C=O) groups excluding carboxylic acids is 2. The first kappa shape index (κ1) is 18.8. The van der Waals surface area contributed by atoms with E-state index in [4.69, 9.17) is 11.6 Å². The molecule has 138 valence electrons. The number of nitrogens with zero attached hydrogens (tertiary/aromatic N) is 2. The van der Waals surface area contributed by atoms with Crippen LogP contribution in [0, 0.1) is 0 Å². The lowest BCUT2D eigenvalue weighted by molar-refractivity contribution is 0.0944. The minimum Gasteiger partial charge on any atom is -0.351 e. The molecule has 0 spiro atoms. The van der Waals surface area contributed by atoms with Crippen molar-refractivity contribution in [1.29, 1.82) is 0 Å². The number of halogens is 1. The third-order valence-electron chi connectivity index (χ3n) is 4.48. The van der Waals surface area contributed by atoms with Gasteiger partial charge in [-0.2, -0.15) is 0 Å². The van der Waals surface area contributed by atoms with Crippen LogP contribution in [0.25, 0.3) is 0 Å². The Morgan fingerprint density at radius 1 is 1.38 bits per heavy atom. The smallest absolute Gasteiger partial charge is 0.270 e. The normalized spacial score (nSPS) is 17.2. The molecule has 0 aliphatic carbocycles. The number of thiazole rings is 1. The largest absolute Gasteiger partial charge is 0.351 e. The molecule has 1 atom stereocenters. The molecule has 0 unspecified atom stereocenters. The van der Waals surface area contributed by atoms with E-state index in [1.165, 1.54) is 24.2 Å². The van der Waals surface area contributed by atoms with Gasteiger partial charge in [0.25, 0.3) is 11.8 Å². The second-order valence-corrected chi connectivity index (χ2v) is 7.62. The Bertz CT molecular complexity index is 795. The van der Waals surface area contributed by atoms with Gasteiger partial charge in [-0.3, -0.25) is 14.9 Å². The Labute approximate surface area is 161 Å². The molecule has 3 rings (SSSR count). The number of aromatic nitrogens is 1. The number of amides is 2. The number of hydrogen-bond donors (Lipinski definition) is 2. The molecule has 1 aromatic carbocycles. The monoisotopic (exact) mass is 392 g/mol. The maximum atomic E-state index is 12.2. The predicted molar refractivity (Wildman–Crippen MR) is 104 cm³/mol. The molecule has 2 aromatic rings. The third-order valence-corrected chi connectivity index (χ3v) is 5.47. The van der Waals surface area contributed by atoms with Crippen molar-refractivity contribution in [3.05, 3.63) is 45.9 Å². The Balaban J connectivity index is 1.50. The minimum absolute atomic E-state index is 0.217. The molecule has 2 N–H and O–H groups in total. The van der Waals surface area contributed by atoms with Crippen LogP contribution < -0.4 is 10.6 Å². The summed E-state index contributed by atoms with van der Waals surface area (Å²) in [6.07, 6.45) is 3.34. The number of nitrogens with one attached hydrogen (secondary N) is 2. The van der Waals surface area contributed by atoms with Crippen molar-refractivity contribution in [2.24, 2.45) is 0 Å². The molecule has 1 aromatic heterocycles. The van der Waals surface area contributed by atoms with E-state index in [0.29, 0.717) is 34.0 Å². The summed E-state index contributed by atoms with van der Waals surface area (Å²) < 4.78 is 0. The van der Waals surface area contributed by atoms with E-state index >= 15 is 0 Å². The number of benzene rings is 1. The van der Waals surface area contributed by atoms with Crippen LogP contribution in [0.1, 0.15) is 40.1 Å². The fraction of sp³-hybridized carbons (Fsp3) is 0.389. The van der Waals surface area contributed by atoms with Crippen LogP contribution in [0.15, 0.2) is 29.6 Å². The first-order valence-corrected chi connectivity index (χ1v) is 9.79. The van der Waals surface area contributed by atoms with Crippen molar-refractivity contribution >= 4 is 39.9 Å². The van der Waals surface area contributed by atoms with E-state index in [9.17, 15) is 9.59 Å². The highest BCUT2D eigenvalue weighted by atomic mass is 35.5. The molecule has 0 radical (unpaired) electrons. The van der Waals surface area contributed by atoms with E-state index in [2.05, 4.69) is 27.6 Å². The predicted octanol–water partition coefficient (Wildman–Crippen LogP) is 3.26. The van der Waals surface area contributed by atoms with Crippen LogP contribution in [-0.2, 0) is 0 Å². The van der Waals surface area contributed by atoms with Crippen LogP contribution in [-0.4, -0.2) is 47.9 Å². The Hall–Kier alpha value is -1.96. The molecule has 1 fully saturated rings. The highest BCUT2D eigenvalue weighted by Crippen LogP contribution is 2.19. The molecule has 1 aliphatic heterocycles. The van der Waals surface area contributed by atoms with Gasteiger partial charge in [-0.05, 0) is 51.1 Å². The van der Waals surface area contributed by atoms with Crippen molar-refractivity contribution in [3.8, 4) is 0 Å². The molecule has 0 saturated carbocycles. The summed E-state index contributed by atoms with van der Waals surface area (Å²) in [7, 11) is 2.12. The highest BCUT2D eigenvalue weighted by Gasteiger charge is 2.20. The van der Waals surface area contributed by atoms with Gasteiger partial charge in [0, 0.05) is 28.6 Å². The quantitative estimate of drug-likeness (QED) is 0.791. The molecule has 1 aliphatic rings. The highest BCUT2D eigenvalue weighted by molar-refractivity contribution is 7.14. The summed E-state index contributed by atoms with van der Waals surface area (Å²) in [6.45, 7) is 1.75. The summed E-state index contributed by atoms with van der Waals surface area (Å²) in [5.74, 6) is -0.525. The Morgan fingerprint density at radius 2 is 2.23 bits per heavy atom. The van der Waals surface area contributed by atoms with Crippen LogP contribution in [0.3, 0.4) is 0 Å². The van der Waals surface area contributed by atoms with Gasteiger partial charge in [-0.15, -0.1) is 11.3 Å². The van der Waals surface area contributed by atoms with Crippen LogP contribution in [0.2, 0.25) is 5.02 Å². The average molecular weight is 393 g/mol. The third kappa shape index (κ3) is 4.81. The minimum atomic E-state index is -0.307. The van der Waals surface area contributed by atoms with Crippen molar-refractivity contribution in [1.82, 2.24) is 15.2 Å². The zero-order valence-corrected chi connectivity index (χ0v) is 16.1. The molecule has 2 amide bonds.